The average Bonchev–Trinajstić information content (AvgIpc) is 2.79. The van der Waals surface area contributed by atoms with Gasteiger partial charge >= 0.3 is 5.97 Å². The van der Waals surface area contributed by atoms with Crippen molar-refractivity contribution in [2.24, 2.45) is 0 Å². The van der Waals surface area contributed by atoms with Crippen molar-refractivity contribution in [3.63, 3.8) is 0 Å². The van der Waals surface area contributed by atoms with Gasteiger partial charge in [-0.3, -0.25) is 9.59 Å². The summed E-state index contributed by atoms with van der Waals surface area (Å²) in [6.45, 7) is 0. The summed E-state index contributed by atoms with van der Waals surface area (Å²) in [7, 11) is 3.03. The number of benzene rings is 3. The molecule has 0 amide bonds. The summed E-state index contributed by atoms with van der Waals surface area (Å²) < 4.78 is 16.9. The Bertz CT molecular complexity index is 1300. The lowest BCUT2D eigenvalue weighted by atomic mass is 9.97. The predicted molar refractivity (Wildman–Crippen MR) is 118 cm³/mol. The fraction of sp³-hybridized carbons (Fsp3) is 0.120. The van der Waals surface area contributed by atoms with E-state index in [1.807, 2.05) is 30.3 Å². The third-order valence-corrected chi connectivity index (χ3v) is 5.08. The van der Waals surface area contributed by atoms with Crippen LogP contribution in [0.3, 0.4) is 0 Å². The van der Waals surface area contributed by atoms with Gasteiger partial charge in [0.25, 0.3) is 0 Å². The van der Waals surface area contributed by atoms with E-state index in [1.165, 1.54) is 7.11 Å². The number of ether oxygens (including phenoxy) is 2. The molecule has 0 aliphatic carbocycles. The molecule has 4 rings (SSSR count). The number of methoxy groups -OCH3 is 2. The van der Waals surface area contributed by atoms with Gasteiger partial charge in [0, 0.05) is 11.1 Å². The molecular weight excluding hydrogens is 396 g/mol. The summed E-state index contributed by atoms with van der Waals surface area (Å²) in [4.78, 5) is 25.1. The van der Waals surface area contributed by atoms with E-state index in [0.717, 1.165) is 0 Å². The zero-order chi connectivity index (χ0) is 22.0. The lowest BCUT2D eigenvalue weighted by Crippen LogP contribution is -2.10. The number of hydrogen-bond acceptors (Lipinski definition) is 5. The van der Waals surface area contributed by atoms with Gasteiger partial charge in [0.1, 0.15) is 22.8 Å². The zero-order valence-corrected chi connectivity index (χ0v) is 17.0. The summed E-state index contributed by atoms with van der Waals surface area (Å²) in [6, 6.07) is 19.6. The van der Waals surface area contributed by atoms with E-state index in [0.29, 0.717) is 44.9 Å². The first-order chi connectivity index (χ1) is 15.0. The van der Waals surface area contributed by atoms with Crippen LogP contribution in [-0.2, 0) is 11.2 Å². The van der Waals surface area contributed by atoms with Crippen molar-refractivity contribution >= 4 is 16.9 Å². The second kappa shape index (κ2) is 8.36. The number of hydrogen-bond donors (Lipinski definition) is 1. The Kier molecular flexibility index (Phi) is 5.45. The number of rotatable bonds is 6. The first-order valence-corrected chi connectivity index (χ1v) is 9.61. The van der Waals surface area contributed by atoms with Crippen LogP contribution in [0.5, 0.6) is 11.5 Å². The molecule has 1 N–H and O–H groups in total. The summed E-state index contributed by atoms with van der Waals surface area (Å²) >= 11 is 0. The van der Waals surface area contributed by atoms with Gasteiger partial charge in [-0.25, -0.2) is 0 Å². The molecule has 0 unspecified atom stereocenters. The minimum atomic E-state index is -1.05. The number of aliphatic carboxylic acids is 1. The maximum atomic E-state index is 13.6. The monoisotopic (exact) mass is 416 g/mol. The summed E-state index contributed by atoms with van der Waals surface area (Å²) in [5.74, 6) is 0.324. The van der Waals surface area contributed by atoms with Crippen molar-refractivity contribution in [1.29, 1.82) is 0 Å². The quantitative estimate of drug-likeness (QED) is 0.487. The number of fused-ring (bicyclic) bond motifs is 1. The van der Waals surface area contributed by atoms with Crippen molar-refractivity contribution < 1.29 is 23.8 Å². The van der Waals surface area contributed by atoms with Crippen molar-refractivity contribution in [3.8, 4) is 33.9 Å². The van der Waals surface area contributed by atoms with Crippen LogP contribution in [0.1, 0.15) is 5.56 Å². The molecule has 6 nitrogen and oxygen atoms in total. The van der Waals surface area contributed by atoms with Crippen molar-refractivity contribution in [1.82, 2.24) is 0 Å². The molecule has 0 bridgehead atoms. The molecule has 0 saturated carbocycles. The Balaban J connectivity index is 2.10. The van der Waals surface area contributed by atoms with E-state index < -0.39 is 5.97 Å². The van der Waals surface area contributed by atoms with Crippen molar-refractivity contribution in [3.05, 3.63) is 82.5 Å². The second-order valence-electron chi connectivity index (χ2n) is 6.92. The van der Waals surface area contributed by atoms with Gasteiger partial charge in [0.05, 0.1) is 31.6 Å². The normalized spacial score (nSPS) is 10.8. The van der Waals surface area contributed by atoms with E-state index in [4.69, 9.17) is 13.9 Å². The summed E-state index contributed by atoms with van der Waals surface area (Å²) in [5, 5.41) is 9.70. The first kappa shape index (κ1) is 20.2. The smallest absolute Gasteiger partial charge is 0.308 e. The van der Waals surface area contributed by atoms with Gasteiger partial charge in [-0.15, -0.1) is 0 Å². The molecular formula is C25H20O6. The number of carbonyl (C=O) groups is 1. The van der Waals surface area contributed by atoms with E-state index in [-0.39, 0.29) is 17.4 Å². The van der Waals surface area contributed by atoms with Gasteiger partial charge in [-0.2, -0.15) is 0 Å². The molecule has 0 radical (unpaired) electrons. The average molecular weight is 416 g/mol. The minimum absolute atomic E-state index is 0.206. The Morgan fingerprint density at radius 2 is 1.61 bits per heavy atom. The highest BCUT2D eigenvalue weighted by Crippen LogP contribution is 2.36. The van der Waals surface area contributed by atoms with Crippen LogP contribution in [0.15, 0.2) is 75.9 Å². The molecule has 0 atom stereocenters. The number of carboxylic acids is 1. The Morgan fingerprint density at radius 1 is 0.903 bits per heavy atom. The maximum Gasteiger partial charge on any atom is 0.308 e. The molecule has 4 aromatic rings. The molecule has 0 aliphatic rings. The molecule has 0 saturated heterocycles. The van der Waals surface area contributed by atoms with Crippen LogP contribution in [-0.4, -0.2) is 25.3 Å². The van der Waals surface area contributed by atoms with Gasteiger partial charge in [0.15, 0.2) is 0 Å². The SMILES string of the molecule is COc1ccc(-c2oc3c(CC(=O)O)c(OC)ccc3c(=O)c2-c2ccccc2)cc1. The molecule has 0 spiro atoms. The van der Waals surface area contributed by atoms with Gasteiger partial charge in [0.2, 0.25) is 5.43 Å². The van der Waals surface area contributed by atoms with Crippen molar-refractivity contribution in [2.75, 3.05) is 14.2 Å². The van der Waals surface area contributed by atoms with Crippen molar-refractivity contribution in [2.45, 2.75) is 6.42 Å². The van der Waals surface area contributed by atoms with E-state index in [2.05, 4.69) is 0 Å². The third kappa shape index (κ3) is 3.75. The molecule has 156 valence electrons. The second-order valence-corrected chi connectivity index (χ2v) is 6.92. The molecule has 1 aromatic heterocycles. The van der Waals surface area contributed by atoms with E-state index in [1.54, 1.807) is 43.5 Å². The highest BCUT2D eigenvalue weighted by atomic mass is 16.5. The standard InChI is InChI=1S/C25H20O6/c1-29-17-10-8-16(9-11-17)24-22(15-6-4-3-5-7-15)23(28)18-12-13-20(30-2)19(14-21(26)27)25(18)31-24/h3-13H,14H2,1-2H3,(H,26,27). The molecule has 1 heterocycles. The summed E-state index contributed by atoms with van der Waals surface area (Å²) in [5.41, 5.74) is 2.07. The largest absolute Gasteiger partial charge is 0.497 e. The van der Waals surface area contributed by atoms with Crippen LogP contribution in [0.4, 0.5) is 0 Å². The lowest BCUT2D eigenvalue weighted by Gasteiger charge is -2.14. The third-order valence-electron chi connectivity index (χ3n) is 5.08. The summed E-state index contributed by atoms with van der Waals surface area (Å²) in [6.07, 6.45) is -0.337. The van der Waals surface area contributed by atoms with E-state index in [9.17, 15) is 14.7 Å². The molecule has 3 aromatic carbocycles. The van der Waals surface area contributed by atoms with Gasteiger partial charge in [-0.1, -0.05) is 30.3 Å². The maximum absolute atomic E-state index is 13.6. The van der Waals surface area contributed by atoms with E-state index >= 15 is 0 Å². The van der Waals surface area contributed by atoms with Crippen LogP contribution >= 0.6 is 0 Å². The minimum Gasteiger partial charge on any atom is -0.497 e. The van der Waals surface area contributed by atoms with Crippen LogP contribution in [0.2, 0.25) is 0 Å². The molecule has 0 fully saturated rings. The molecule has 31 heavy (non-hydrogen) atoms. The number of carboxylic acid groups (broad SMARTS) is 1. The molecule has 6 heteroatoms. The zero-order valence-electron chi connectivity index (χ0n) is 17.0. The fourth-order valence-electron chi connectivity index (χ4n) is 3.62. The Labute approximate surface area is 178 Å². The van der Waals surface area contributed by atoms with Crippen LogP contribution in [0, 0.1) is 0 Å². The lowest BCUT2D eigenvalue weighted by molar-refractivity contribution is -0.136. The highest BCUT2D eigenvalue weighted by Gasteiger charge is 2.22. The molecule has 0 aliphatic heterocycles. The Morgan fingerprint density at radius 3 is 2.23 bits per heavy atom. The predicted octanol–water partition coefficient (Wildman–Crippen LogP) is 4.77. The topological polar surface area (TPSA) is 86.0 Å². The van der Waals surface area contributed by atoms with Crippen LogP contribution < -0.4 is 14.9 Å². The Hall–Kier alpha value is -4.06. The highest BCUT2D eigenvalue weighted by molar-refractivity contribution is 5.93. The van der Waals surface area contributed by atoms with Gasteiger partial charge < -0.3 is 19.0 Å². The first-order valence-electron chi connectivity index (χ1n) is 9.61. The van der Waals surface area contributed by atoms with Gasteiger partial charge in [-0.05, 0) is 42.0 Å². The van der Waals surface area contributed by atoms with Crippen LogP contribution in [0.25, 0.3) is 33.4 Å². The fourth-order valence-corrected chi connectivity index (χ4v) is 3.62.